The molecule has 2 aliphatic rings. The fourth-order valence-electron chi connectivity index (χ4n) is 4.67. The molecule has 0 spiro atoms. The monoisotopic (exact) mass is 415 g/mol. The van der Waals surface area contributed by atoms with Gasteiger partial charge in [0.25, 0.3) is 5.56 Å². The number of sulfonamides is 1. The van der Waals surface area contributed by atoms with Crippen molar-refractivity contribution in [2.45, 2.75) is 32.2 Å². The maximum Gasteiger partial charge on any atom is 0.258 e. The highest BCUT2D eigenvalue weighted by molar-refractivity contribution is 7.89. The summed E-state index contributed by atoms with van der Waals surface area (Å²) in [4.78, 5) is 15.3. The molecule has 0 aliphatic carbocycles. The van der Waals surface area contributed by atoms with Gasteiger partial charge in [0.2, 0.25) is 10.0 Å². The van der Waals surface area contributed by atoms with Gasteiger partial charge in [0.05, 0.1) is 5.75 Å². The number of benzene rings is 1. The van der Waals surface area contributed by atoms with Crippen molar-refractivity contribution in [3.63, 3.8) is 0 Å². The molecule has 1 saturated heterocycles. The number of rotatable bonds is 5. The summed E-state index contributed by atoms with van der Waals surface area (Å²) in [6.45, 7) is 3.48. The van der Waals surface area contributed by atoms with Crippen LogP contribution in [0.1, 0.15) is 31.4 Å². The van der Waals surface area contributed by atoms with Crippen molar-refractivity contribution in [1.29, 1.82) is 0 Å². The van der Waals surface area contributed by atoms with Crippen LogP contribution in [0.15, 0.2) is 41.2 Å². The van der Waals surface area contributed by atoms with E-state index in [2.05, 4.69) is 0 Å². The maximum atomic E-state index is 13.3. The van der Waals surface area contributed by atoms with Gasteiger partial charge in [-0.15, -0.1) is 0 Å². The molecular weight excluding hydrogens is 386 g/mol. The zero-order chi connectivity index (χ0) is 20.8. The van der Waals surface area contributed by atoms with Gasteiger partial charge in [0.15, 0.2) is 0 Å². The highest BCUT2D eigenvalue weighted by atomic mass is 32.2. The zero-order valence-corrected chi connectivity index (χ0v) is 18.2. The molecule has 2 atom stereocenters. The number of pyridine rings is 1. The number of fused-ring (bicyclic) bond motifs is 4. The summed E-state index contributed by atoms with van der Waals surface area (Å²) in [5, 5.41) is 0. The Morgan fingerprint density at radius 2 is 1.76 bits per heavy atom. The fraction of sp³-hybridized carbons (Fsp3) is 0.500. The Bertz CT molecular complexity index is 1060. The Morgan fingerprint density at radius 3 is 2.41 bits per heavy atom. The minimum Gasteiger partial charge on any atom is -0.378 e. The van der Waals surface area contributed by atoms with Crippen LogP contribution in [0.3, 0.4) is 0 Å². The summed E-state index contributed by atoms with van der Waals surface area (Å²) in [6.07, 6.45) is 1.58. The second kappa shape index (κ2) is 7.61. The second-order valence-electron chi connectivity index (χ2n) is 8.46. The van der Waals surface area contributed by atoms with Crippen molar-refractivity contribution in [3.05, 3.63) is 52.4 Å². The molecule has 0 N–H and O–H groups in total. The van der Waals surface area contributed by atoms with Crippen LogP contribution in [0.2, 0.25) is 0 Å². The molecule has 6 nitrogen and oxygen atoms in total. The minimum absolute atomic E-state index is 0.0275. The lowest BCUT2D eigenvalue weighted by Crippen LogP contribution is -2.49. The fourth-order valence-corrected chi connectivity index (χ4v) is 6.29. The molecule has 0 saturated carbocycles. The van der Waals surface area contributed by atoms with Crippen LogP contribution in [-0.2, 0) is 16.6 Å². The van der Waals surface area contributed by atoms with Gasteiger partial charge in [-0.05, 0) is 48.6 Å². The number of piperidine rings is 1. The number of nitrogens with zero attached hydrogens (tertiary/aromatic N) is 3. The maximum absolute atomic E-state index is 13.3. The summed E-state index contributed by atoms with van der Waals surface area (Å²) >= 11 is 0. The van der Waals surface area contributed by atoms with Crippen LogP contribution in [-0.4, -0.2) is 50.2 Å². The highest BCUT2D eigenvalue weighted by Crippen LogP contribution is 2.37. The highest BCUT2D eigenvalue weighted by Gasteiger charge is 2.38. The SMILES string of the molecule is CCCS(=O)(=O)N1C[C@@H]2C[C@H](C1)c1ccc(-c3ccc(N(C)C)cc3)c(=O)n1C2. The average molecular weight is 416 g/mol. The van der Waals surface area contributed by atoms with Gasteiger partial charge in [-0.1, -0.05) is 19.1 Å². The molecule has 0 unspecified atom stereocenters. The molecule has 1 aromatic carbocycles. The van der Waals surface area contributed by atoms with Crippen molar-refractivity contribution < 1.29 is 8.42 Å². The summed E-state index contributed by atoms with van der Waals surface area (Å²) in [7, 11) is 0.775. The summed E-state index contributed by atoms with van der Waals surface area (Å²) in [6, 6.07) is 11.9. The molecule has 2 aliphatic heterocycles. The van der Waals surface area contributed by atoms with E-state index in [1.165, 1.54) is 0 Å². The quantitative estimate of drug-likeness (QED) is 0.753. The summed E-state index contributed by atoms with van der Waals surface area (Å²) in [5.74, 6) is 0.477. The van der Waals surface area contributed by atoms with Gasteiger partial charge >= 0.3 is 0 Å². The number of anilines is 1. The zero-order valence-electron chi connectivity index (χ0n) is 17.3. The van der Waals surface area contributed by atoms with Gasteiger partial charge < -0.3 is 9.47 Å². The molecule has 3 heterocycles. The Balaban J connectivity index is 1.67. The van der Waals surface area contributed by atoms with E-state index in [4.69, 9.17) is 0 Å². The van der Waals surface area contributed by atoms with E-state index in [-0.39, 0.29) is 23.1 Å². The van der Waals surface area contributed by atoms with Gasteiger partial charge in [0, 0.05) is 56.6 Å². The summed E-state index contributed by atoms with van der Waals surface area (Å²) in [5.41, 5.74) is 3.71. The topological polar surface area (TPSA) is 62.6 Å². The molecule has 4 rings (SSSR count). The van der Waals surface area contributed by atoms with Gasteiger partial charge in [-0.3, -0.25) is 4.79 Å². The van der Waals surface area contributed by atoms with E-state index in [9.17, 15) is 13.2 Å². The van der Waals surface area contributed by atoms with Crippen molar-refractivity contribution in [2.24, 2.45) is 5.92 Å². The van der Waals surface area contributed by atoms with Crippen molar-refractivity contribution >= 4 is 15.7 Å². The Morgan fingerprint density at radius 1 is 1.03 bits per heavy atom. The van der Waals surface area contributed by atoms with E-state index in [1.54, 1.807) is 4.31 Å². The Kier molecular flexibility index (Phi) is 5.29. The van der Waals surface area contributed by atoms with Gasteiger partial charge in [0.1, 0.15) is 0 Å². The third-order valence-corrected chi connectivity index (χ3v) is 8.13. The van der Waals surface area contributed by atoms with E-state index >= 15 is 0 Å². The van der Waals surface area contributed by atoms with Gasteiger partial charge in [-0.25, -0.2) is 12.7 Å². The third kappa shape index (κ3) is 3.73. The van der Waals surface area contributed by atoms with Crippen LogP contribution in [0.4, 0.5) is 5.69 Å². The van der Waals surface area contributed by atoms with Crippen LogP contribution in [0, 0.1) is 5.92 Å². The minimum atomic E-state index is -3.21. The lowest BCUT2D eigenvalue weighted by atomic mass is 9.84. The smallest absolute Gasteiger partial charge is 0.258 e. The average Bonchev–Trinajstić information content (AvgIpc) is 2.69. The van der Waals surface area contributed by atoms with Crippen LogP contribution >= 0.6 is 0 Å². The molecule has 7 heteroatoms. The Hall–Kier alpha value is -2.12. The molecule has 156 valence electrons. The van der Waals surface area contributed by atoms with Gasteiger partial charge in [-0.2, -0.15) is 0 Å². The molecule has 2 aromatic rings. The molecular formula is C22H29N3O3S. The van der Waals surface area contributed by atoms with Crippen molar-refractivity contribution in [3.8, 4) is 11.1 Å². The third-order valence-electron chi connectivity index (χ3n) is 6.12. The van der Waals surface area contributed by atoms with Crippen molar-refractivity contribution in [1.82, 2.24) is 8.87 Å². The predicted octanol–water partition coefficient (Wildman–Crippen LogP) is 2.74. The molecule has 29 heavy (non-hydrogen) atoms. The normalized spacial score (nSPS) is 21.6. The lowest BCUT2D eigenvalue weighted by Gasteiger charge is -2.42. The lowest BCUT2D eigenvalue weighted by molar-refractivity contribution is 0.186. The van der Waals surface area contributed by atoms with E-state index in [1.807, 2.05) is 66.9 Å². The molecule has 1 aromatic heterocycles. The number of aromatic nitrogens is 1. The van der Waals surface area contributed by atoms with Crippen molar-refractivity contribution in [2.75, 3.05) is 37.8 Å². The first-order valence-corrected chi connectivity index (χ1v) is 11.9. The predicted molar refractivity (Wildman–Crippen MR) is 117 cm³/mol. The summed E-state index contributed by atoms with van der Waals surface area (Å²) < 4.78 is 28.7. The largest absolute Gasteiger partial charge is 0.378 e. The van der Waals surface area contributed by atoms with Crippen LogP contribution in [0.25, 0.3) is 11.1 Å². The first-order valence-electron chi connectivity index (χ1n) is 10.3. The second-order valence-corrected chi connectivity index (χ2v) is 10.5. The van der Waals surface area contributed by atoms with E-state index in [0.29, 0.717) is 31.6 Å². The van der Waals surface area contributed by atoms with E-state index < -0.39 is 10.0 Å². The molecule has 1 fully saturated rings. The first-order chi connectivity index (χ1) is 13.8. The Labute approximate surface area is 172 Å². The van der Waals surface area contributed by atoms with Crippen LogP contribution in [0.5, 0.6) is 0 Å². The molecule has 2 bridgehead atoms. The van der Waals surface area contributed by atoms with E-state index in [0.717, 1.165) is 23.4 Å². The number of hydrogen-bond donors (Lipinski definition) is 0. The van der Waals surface area contributed by atoms with Crippen LogP contribution < -0.4 is 10.5 Å². The molecule has 0 amide bonds. The first kappa shape index (κ1) is 20.2. The standard InChI is InChI=1S/C22H29N3O3S/c1-4-11-29(27,28)24-13-16-12-18(15-24)21-10-9-20(22(26)25(21)14-16)17-5-7-19(8-6-17)23(2)3/h5-10,16,18H,4,11-15H2,1-3H3/t16-,18+/m0/s1. The molecule has 0 radical (unpaired) electrons. The number of hydrogen-bond acceptors (Lipinski definition) is 4.